The Kier molecular flexibility index (Phi) is 5.00. The third-order valence-corrected chi connectivity index (χ3v) is 4.47. The van der Waals surface area contributed by atoms with E-state index in [2.05, 4.69) is 25.4 Å². The molecule has 150 valence electrons. The van der Waals surface area contributed by atoms with Gasteiger partial charge >= 0.3 is 0 Å². The highest BCUT2D eigenvalue weighted by Gasteiger charge is 2.19. The Labute approximate surface area is 166 Å². The Hall–Kier alpha value is -3.66. The van der Waals surface area contributed by atoms with Crippen molar-refractivity contribution in [3.63, 3.8) is 0 Å². The number of aromatic nitrogens is 5. The lowest BCUT2D eigenvalue weighted by atomic mass is 10.2. The second-order valence-electron chi connectivity index (χ2n) is 6.20. The van der Waals surface area contributed by atoms with Gasteiger partial charge in [-0.2, -0.15) is 4.52 Å². The number of fused-ring (bicyclic) bond motifs is 1. The van der Waals surface area contributed by atoms with Crippen LogP contribution in [-0.2, 0) is 13.2 Å². The van der Waals surface area contributed by atoms with Crippen LogP contribution >= 0.6 is 0 Å². The summed E-state index contributed by atoms with van der Waals surface area (Å²) < 4.78 is 17.7. The largest absolute Gasteiger partial charge is 0.497 e. The van der Waals surface area contributed by atoms with Gasteiger partial charge in [0, 0.05) is 23.7 Å². The van der Waals surface area contributed by atoms with Crippen LogP contribution in [0, 0.1) is 6.92 Å². The monoisotopic (exact) mass is 396 g/mol. The van der Waals surface area contributed by atoms with Gasteiger partial charge in [0.25, 0.3) is 0 Å². The number of ether oxygens (including phenoxy) is 2. The highest BCUT2D eigenvalue weighted by atomic mass is 16.5. The SMILES string of the molecule is COc1ccc(CNc2nc(-c3ncco3)c(C)c3nc(CO)nn23)c(OC)c1. The van der Waals surface area contributed by atoms with E-state index in [1.54, 1.807) is 24.9 Å². The highest BCUT2D eigenvalue weighted by Crippen LogP contribution is 2.27. The van der Waals surface area contributed by atoms with Gasteiger partial charge < -0.3 is 24.3 Å². The van der Waals surface area contributed by atoms with E-state index in [-0.39, 0.29) is 6.61 Å². The number of aliphatic hydroxyl groups is 1. The van der Waals surface area contributed by atoms with Gasteiger partial charge in [-0.25, -0.2) is 15.0 Å². The van der Waals surface area contributed by atoms with Crippen molar-refractivity contribution < 1.29 is 19.0 Å². The second-order valence-corrected chi connectivity index (χ2v) is 6.20. The van der Waals surface area contributed by atoms with Crippen molar-refractivity contribution in [3.05, 3.63) is 47.6 Å². The number of aryl methyl sites for hydroxylation is 1. The van der Waals surface area contributed by atoms with Gasteiger partial charge in [-0.05, 0) is 19.1 Å². The number of rotatable bonds is 7. The fourth-order valence-corrected chi connectivity index (χ4v) is 2.99. The molecule has 0 fully saturated rings. The van der Waals surface area contributed by atoms with Crippen molar-refractivity contribution >= 4 is 11.6 Å². The summed E-state index contributed by atoms with van der Waals surface area (Å²) in [5.74, 6) is 2.50. The van der Waals surface area contributed by atoms with E-state index in [1.165, 1.54) is 6.26 Å². The smallest absolute Gasteiger partial charge is 0.245 e. The zero-order valence-corrected chi connectivity index (χ0v) is 16.2. The number of aliphatic hydroxyl groups excluding tert-OH is 1. The topological polar surface area (TPSA) is 120 Å². The van der Waals surface area contributed by atoms with Gasteiger partial charge in [0.15, 0.2) is 11.5 Å². The van der Waals surface area contributed by atoms with E-state index in [4.69, 9.17) is 13.9 Å². The minimum atomic E-state index is -0.277. The minimum absolute atomic E-state index is 0.277. The molecule has 29 heavy (non-hydrogen) atoms. The first-order valence-corrected chi connectivity index (χ1v) is 8.86. The van der Waals surface area contributed by atoms with Gasteiger partial charge in [0.2, 0.25) is 11.8 Å². The fraction of sp³-hybridized carbons (Fsp3) is 0.263. The molecule has 0 saturated heterocycles. The van der Waals surface area contributed by atoms with Crippen molar-refractivity contribution in [1.29, 1.82) is 0 Å². The first kappa shape index (κ1) is 18.7. The van der Waals surface area contributed by atoms with Gasteiger partial charge in [-0.1, -0.05) is 0 Å². The van der Waals surface area contributed by atoms with Crippen molar-refractivity contribution in [2.45, 2.75) is 20.1 Å². The molecular formula is C19H20N6O4. The predicted octanol–water partition coefficient (Wildman–Crippen LogP) is 2.21. The Bertz CT molecular complexity index is 1140. The average Bonchev–Trinajstić information content (AvgIpc) is 3.43. The number of nitrogens with zero attached hydrogens (tertiary/aromatic N) is 5. The first-order valence-electron chi connectivity index (χ1n) is 8.86. The molecule has 0 radical (unpaired) electrons. The van der Waals surface area contributed by atoms with E-state index < -0.39 is 0 Å². The maximum Gasteiger partial charge on any atom is 0.245 e. The number of hydrogen-bond donors (Lipinski definition) is 2. The van der Waals surface area contributed by atoms with E-state index in [1.807, 2.05) is 25.1 Å². The minimum Gasteiger partial charge on any atom is -0.497 e. The molecule has 0 atom stereocenters. The molecule has 4 aromatic rings. The molecule has 2 N–H and O–H groups in total. The molecule has 0 saturated carbocycles. The van der Waals surface area contributed by atoms with Gasteiger partial charge in [-0.3, -0.25) is 0 Å². The molecule has 3 heterocycles. The Morgan fingerprint density at radius 1 is 1.21 bits per heavy atom. The van der Waals surface area contributed by atoms with E-state index in [0.717, 1.165) is 11.1 Å². The van der Waals surface area contributed by atoms with E-state index in [0.29, 0.717) is 47.0 Å². The average molecular weight is 396 g/mol. The molecule has 4 rings (SSSR count). The van der Waals surface area contributed by atoms with Crippen molar-refractivity contribution in [2.75, 3.05) is 19.5 Å². The zero-order chi connectivity index (χ0) is 20.4. The molecule has 0 spiro atoms. The highest BCUT2D eigenvalue weighted by molar-refractivity contribution is 5.66. The molecule has 0 bridgehead atoms. The van der Waals surface area contributed by atoms with Crippen molar-refractivity contribution in [3.8, 4) is 23.1 Å². The Morgan fingerprint density at radius 2 is 2.07 bits per heavy atom. The molecule has 3 aromatic heterocycles. The number of oxazole rings is 1. The first-order chi connectivity index (χ1) is 14.1. The quantitative estimate of drug-likeness (QED) is 0.484. The number of methoxy groups -OCH3 is 2. The fourth-order valence-electron chi connectivity index (χ4n) is 2.99. The van der Waals surface area contributed by atoms with Gasteiger partial charge in [0.1, 0.15) is 30.1 Å². The number of hydrogen-bond acceptors (Lipinski definition) is 9. The van der Waals surface area contributed by atoms with Crippen LogP contribution in [0.15, 0.2) is 35.1 Å². The summed E-state index contributed by atoms with van der Waals surface area (Å²) >= 11 is 0. The summed E-state index contributed by atoms with van der Waals surface area (Å²) in [4.78, 5) is 13.2. The standard InChI is InChI=1S/C19H20N6O4/c1-11-16(18-20-6-7-29-18)23-19(25-17(11)22-15(10-26)24-25)21-9-12-4-5-13(27-2)8-14(12)28-3/h4-8,26H,9-10H2,1-3H3,(H,21,23). The summed E-state index contributed by atoms with van der Waals surface area (Å²) in [6.45, 7) is 1.99. The van der Waals surface area contributed by atoms with Gasteiger partial charge in [-0.15, -0.1) is 5.10 Å². The maximum absolute atomic E-state index is 9.46. The summed E-state index contributed by atoms with van der Waals surface area (Å²) in [7, 11) is 3.21. The number of benzene rings is 1. The van der Waals surface area contributed by atoms with Crippen LogP contribution in [0.2, 0.25) is 0 Å². The van der Waals surface area contributed by atoms with E-state index in [9.17, 15) is 5.11 Å². The molecule has 0 aliphatic heterocycles. The van der Waals surface area contributed by atoms with Crippen LogP contribution in [0.4, 0.5) is 5.95 Å². The second kappa shape index (κ2) is 7.76. The van der Waals surface area contributed by atoms with Crippen LogP contribution in [0.25, 0.3) is 17.2 Å². The van der Waals surface area contributed by atoms with Crippen LogP contribution in [0.3, 0.4) is 0 Å². The van der Waals surface area contributed by atoms with Crippen LogP contribution in [0.1, 0.15) is 17.0 Å². The molecule has 1 aromatic carbocycles. The molecule has 10 nitrogen and oxygen atoms in total. The zero-order valence-electron chi connectivity index (χ0n) is 16.2. The Morgan fingerprint density at radius 3 is 2.76 bits per heavy atom. The Balaban J connectivity index is 1.75. The lowest BCUT2D eigenvalue weighted by molar-refractivity contribution is 0.271. The van der Waals surface area contributed by atoms with Crippen molar-refractivity contribution in [1.82, 2.24) is 24.6 Å². The van der Waals surface area contributed by atoms with Crippen molar-refractivity contribution in [2.24, 2.45) is 0 Å². The van der Waals surface area contributed by atoms with Crippen LogP contribution in [-0.4, -0.2) is 43.9 Å². The lowest BCUT2D eigenvalue weighted by Gasteiger charge is -2.13. The summed E-state index contributed by atoms with van der Waals surface area (Å²) in [6.07, 6.45) is 3.04. The van der Waals surface area contributed by atoms with Crippen LogP contribution < -0.4 is 14.8 Å². The molecular weight excluding hydrogens is 376 g/mol. The maximum atomic E-state index is 9.46. The summed E-state index contributed by atoms with van der Waals surface area (Å²) in [6, 6.07) is 5.58. The predicted molar refractivity (Wildman–Crippen MR) is 104 cm³/mol. The number of nitrogens with one attached hydrogen (secondary N) is 1. The molecule has 10 heteroatoms. The van der Waals surface area contributed by atoms with Crippen LogP contribution in [0.5, 0.6) is 11.5 Å². The van der Waals surface area contributed by atoms with E-state index >= 15 is 0 Å². The summed E-state index contributed by atoms with van der Waals surface area (Å²) in [5, 5.41) is 17.0. The summed E-state index contributed by atoms with van der Waals surface area (Å²) in [5.41, 5.74) is 2.75. The number of anilines is 1. The third-order valence-electron chi connectivity index (χ3n) is 4.47. The third kappa shape index (κ3) is 3.45. The molecule has 0 amide bonds. The lowest BCUT2D eigenvalue weighted by Crippen LogP contribution is -2.10. The molecule has 0 aliphatic carbocycles. The van der Waals surface area contributed by atoms with Gasteiger partial charge in [0.05, 0.1) is 20.4 Å². The molecule has 0 aliphatic rings. The molecule has 0 unspecified atom stereocenters. The normalized spacial score (nSPS) is 11.0.